The van der Waals surface area contributed by atoms with Crippen LogP contribution in [0.2, 0.25) is 0 Å². The molecular formula is C41H49NO9S. The van der Waals surface area contributed by atoms with Gasteiger partial charge < -0.3 is 25.7 Å². The zero-order valence-electron chi connectivity index (χ0n) is 30.9. The molecule has 0 saturated carbocycles. The molecule has 6 unspecified atom stereocenters. The van der Waals surface area contributed by atoms with Crippen molar-refractivity contribution in [2.45, 2.75) is 79.6 Å². The number of allylic oxidation sites excluding steroid dienone is 8. The van der Waals surface area contributed by atoms with Crippen LogP contribution in [0.25, 0.3) is 0 Å². The van der Waals surface area contributed by atoms with Crippen LogP contribution >= 0.6 is 11.8 Å². The minimum atomic E-state index is -0.994. The number of aliphatic hydroxyl groups is 3. The Balaban J connectivity index is 2.11. The van der Waals surface area contributed by atoms with Gasteiger partial charge in [0.15, 0.2) is 11.6 Å². The Bertz CT molecular complexity index is 1840. The zero-order valence-corrected chi connectivity index (χ0v) is 31.7. The molecule has 0 radical (unpaired) electrons. The monoisotopic (exact) mass is 731 g/mol. The molecule has 11 heteroatoms. The summed E-state index contributed by atoms with van der Waals surface area (Å²) >= 11 is 0.927. The van der Waals surface area contributed by atoms with Gasteiger partial charge in [-0.3, -0.25) is 24.0 Å². The molecule has 4 rings (SSSR count). The van der Waals surface area contributed by atoms with Crippen LogP contribution in [0.3, 0.4) is 0 Å². The highest BCUT2D eigenvalue weighted by atomic mass is 32.2. The Kier molecular flexibility index (Phi) is 14.8. The van der Waals surface area contributed by atoms with Crippen molar-refractivity contribution >= 4 is 40.8 Å². The lowest BCUT2D eigenvalue weighted by molar-refractivity contribution is -0.118. The Labute approximate surface area is 309 Å². The van der Waals surface area contributed by atoms with E-state index in [-0.39, 0.29) is 68.5 Å². The maximum Gasteiger partial charge on any atom is 0.251 e. The van der Waals surface area contributed by atoms with Crippen LogP contribution in [-0.4, -0.2) is 74.0 Å². The molecule has 0 aromatic heterocycles. The van der Waals surface area contributed by atoms with Gasteiger partial charge in [0.1, 0.15) is 11.4 Å². The van der Waals surface area contributed by atoms with Crippen LogP contribution in [0.4, 0.5) is 0 Å². The first-order valence-corrected chi connectivity index (χ1v) is 18.4. The first kappa shape index (κ1) is 42.0. The molecule has 278 valence electrons. The number of carbonyl (C=O) groups excluding carboxylic acids is 5. The van der Waals surface area contributed by atoms with E-state index < -0.39 is 59.2 Å². The number of benzene rings is 1. The molecule has 1 aliphatic carbocycles. The molecule has 1 aromatic rings. The molecule has 0 spiro atoms. The highest BCUT2D eigenvalue weighted by molar-refractivity contribution is 8.03. The van der Waals surface area contributed by atoms with Gasteiger partial charge in [-0.15, -0.1) is 11.8 Å². The number of phenols is 1. The molecule has 1 aromatic carbocycles. The number of thioether (sulfide) groups is 1. The third-order valence-electron chi connectivity index (χ3n) is 9.33. The van der Waals surface area contributed by atoms with Crippen molar-refractivity contribution in [1.82, 2.24) is 5.32 Å². The third-order valence-corrected chi connectivity index (χ3v) is 10.1. The molecule has 3 aliphatic rings. The maximum atomic E-state index is 14.0. The molecule has 1 amide bonds. The largest absolute Gasteiger partial charge is 0.507 e. The summed E-state index contributed by atoms with van der Waals surface area (Å²) in [7, 11) is 0. The first-order valence-electron chi connectivity index (χ1n) is 17.1. The van der Waals surface area contributed by atoms with Gasteiger partial charge in [-0.2, -0.15) is 0 Å². The highest BCUT2D eigenvalue weighted by Gasteiger charge is 2.38. The lowest BCUT2D eigenvalue weighted by Gasteiger charge is -2.24. The molecule has 0 saturated heterocycles. The Morgan fingerprint density at radius 2 is 1.42 bits per heavy atom. The van der Waals surface area contributed by atoms with E-state index in [0.29, 0.717) is 5.57 Å². The van der Waals surface area contributed by atoms with Gasteiger partial charge in [0.25, 0.3) is 5.91 Å². The van der Waals surface area contributed by atoms with Crippen molar-refractivity contribution in [3.63, 3.8) is 0 Å². The second-order valence-corrected chi connectivity index (χ2v) is 14.3. The van der Waals surface area contributed by atoms with Crippen molar-refractivity contribution in [2.75, 3.05) is 6.26 Å². The highest BCUT2D eigenvalue weighted by Crippen LogP contribution is 2.39. The fourth-order valence-electron chi connectivity index (χ4n) is 5.82. The summed E-state index contributed by atoms with van der Waals surface area (Å²) in [4.78, 5) is 67.6. The maximum absolute atomic E-state index is 14.0. The number of nitrogens with one attached hydrogen (secondary N) is 1. The number of amides is 1. The lowest BCUT2D eigenvalue weighted by Crippen LogP contribution is -2.35. The van der Waals surface area contributed by atoms with Crippen molar-refractivity contribution < 1.29 is 44.4 Å². The summed E-state index contributed by atoms with van der Waals surface area (Å²) in [6, 6.07) is 1.32. The number of hydrogen-bond donors (Lipinski definition) is 5. The van der Waals surface area contributed by atoms with E-state index in [4.69, 9.17) is 0 Å². The van der Waals surface area contributed by atoms with Crippen LogP contribution in [0.5, 0.6) is 5.75 Å². The predicted octanol–water partition coefficient (Wildman–Crippen LogP) is 5.81. The van der Waals surface area contributed by atoms with Crippen molar-refractivity contribution in [3.05, 3.63) is 110 Å². The molecule has 4 bridgehead atoms. The number of carbonyl (C=O) groups is 5. The number of hydrogen-bond acceptors (Lipinski definition) is 10. The van der Waals surface area contributed by atoms with Gasteiger partial charge in [0, 0.05) is 40.9 Å². The number of aromatic hydroxyl groups is 1. The van der Waals surface area contributed by atoms with Crippen molar-refractivity contribution in [2.24, 2.45) is 17.8 Å². The summed E-state index contributed by atoms with van der Waals surface area (Å²) in [6.07, 6.45) is 13.1. The van der Waals surface area contributed by atoms with E-state index in [1.54, 1.807) is 70.4 Å². The van der Waals surface area contributed by atoms with E-state index in [9.17, 15) is 44.4 Å². The Hall–Kier alpha value is -4.42. The molecule has 2 heterocycles. The van der Waals surface area contributed by atoms with Gasteiger partial charge >= 0.3 is 0 Å². The first-order chi connectivity index (χ1) is 24.4. The third kappa shape index (κ3) is 9.92. The summed E-state index contributed by atoms with van der Waals surface area (Å²) in [5, 5.41) is 45.9. The van der Waals surface area contributed by atoms with Gasteiger partial charge in [-0.1, -0.05) is 75.5 Å². The van der Waals surface area contributed by atoms with E-state index in [0.717, 1.165) is 11.8 Å². The van der Waals surface area contributed by atoms with Crippen molar-refractivity contribution in [3.8, 4) is 5.75 Å². The Morgan fingerprint density at radius 1 is 0.750 bits per heavy atom. The smallest absolute Gasteiger partial charge is 0.251 e. The minimum absolute atomic E-state index is 0.0944. The molecule has 5 N–H and O–H groups in total. The Morgan fingerprint density at radius 3 is 2.08 bits per heavy atom. The number of ketones is 4. The van der Waals surface area contributed by atoms with E-state index in [1.807, 2.05) is 0 Å². The topological polar surface area (TPSA) is 178 Å². The normalized spacial score (nSPS) is 31.2. The van der Waals surface area contributed by atoms with Crippen LogP contribution in [-0.2, 0) is 9.59 Å². The number of phenolic OH excluding ortho intramolecular Hbond substituents is 1. The summed E-state index contributed by atoms with van der Waals surface area (Å²) in [5.41, 5.74) is -0.0359. The second-order valence-electron chi connectivity index (χ2n) is 13.5. The van der Waals surface area contributed by atoms with Gasteiger partial charge in [-0.05, 0) is 63.1 Å². The van der Waals surface area contributed by atoms with Crippen LogP contribution in [0, 0.1) is 24.7 Å². The minimum Gasteiger partial charge on any atom is -0.507 e. The zero-order chi connectivity index (χ0) is 39.0. The number of aliphatic hydroxyl groups excluding tert-OH is 3. The van der Waals surface area contributed by atoms with E-state index >= 15 is 0 Å². The summed E-state index contributed by atoms with van der Waals surface area (Å²) < 4.78 is 0. The molecule has 2 aliphatic heterocycles. The van der Waals surface area contributed by atoms with Gasteiger partial charge in [0.05, 0.1) is 28.8 Å². The second kappa shape index (κ2) is 18.4. The average Bonchev–Trinajstić information content (AvgIpc) is 3.10. The molecule has 6 atom stereocenters. The number of rotatable bonds is 1. The fraction of sp³-hybridized carbons (Fsp3) is 0.390. The molecule has 0 fully saturated rings. The van der Waals surface area contributed by atoms with Crippen LogP contribution in [0.1, 0.15) is 91.0 Å². The number of Topliss-reactive ketones (excluding diaryl/α,β-unsaturated/α-hetero) is 4. The summed E-state index contributed by atoms with van der Waals surface area (Å²) in [5.74, 6) is -4.86. The van der Waals surface area contributed by atoms with E-state index in [2.05, 4.69) is 5.32 Å². The van der Waals surface area contributed by atoms with Crippen molar-refractivity contribution in [1.29, 1.82) is 0 Å². The van der Waals surface area contributed by atoms with Gasteiger partial charge in [-0.25, -0.2) is 0 Å². The quantitative estimate of drug-likeness (QED) is 0.221. The number of aryl methyl sites for hydroxylation is 1. The molecule has 10 nitrogen and oxygen atoms in total. The lowest BCUT2D eigenvalue weighted by atomic mass is 9.83. The van der Waals surface area contributed by atoms with Gasteiger partial charge in [0.2, 0.25) is 11.6 Å². The number of fused-ring (bicyclic) bond motifs is 18. The SMILES string of the molecule is CSC1=C2NC(=O)/C(C)=C/C=C\C=C\C(C)C(O)CC(=O)/C(C)=C/CC(O)/C=C/C(C)C(O)C(C)/C=C(/C)C(=O)c3c(O)c(C)cc(c3C1=O)C2=O. The van der Waals surface area contributed by atoms with Crippen LogP contribution in [0.15, 0.2) is 88.1 Å². The predicted molar refractivity (Wildman–Crippen MR) is 203 cm³/mol. The fourth-order valence-corrected chi connectivity index (χ4v) is 6.46. The standard InChI is InChI=1S/C41H49NO9S/c1-21-12-10-9-11-13-24(4)41(51)42-34-38(49)29-19-27(7)37(48)33(32(29)39(50)40(34)52-8)36(47)26(6)18-25(5)35(46)23(3)15-17-28(43)16-14-22(2)31(45)20-30(21)44/h9-15,17-19,21,23,25,28,30,35,43-44,46,48H,16,20H2,1-8H3,(H,42,51)/b11-9-,12-10+,17-15+,22-14+,24-13+,26-18-. The summed E-state index contributed by atoms with van der Waals surface area (Å²) in [6.45, 7) is 11.3. The molecular weight excluding hydrogens is 683 g/mol. The average molecular weight is 732 g/mol. The molecule has 52 heavy (non-hydrogen) atoms. The van der Waals surface area contributed by atoms with Crippen LogP contribution < -0.4 is 5.32 Å². The van der Waals surface area contributed by atoms with E-state index in [1.165, 1.54) is 45.1 Å².